The molecule has 2 aliphatic heterocycles. The summed E-state index contributed by atoms with van der Waals surface area (Å²) in [7, 11) is -4.52. The fraction of sp³-hybridized carbons (Fsp3) is 0.609. The highest BCUT2D eigenvalue weighted by Gasteiger charge is 2.49. The first kappa shape index (κ1) is 26.9. The van der Waals surface area contributed by atoms with Gasteiger partial charge in [-0.2, -0.15) is 13.5 Å². The summed E-state index contributed by atoms with van der Waals surface area (Å²) in [6.07, 6.45) is 1.75. The number of nitrogens with two attached hydrogens (primary N) is 1. The maximum atomic E-state index is 12.5. The Morgan fingerprint density at radius 2 is 1.83 bits per heavy atom. The Bertz CT molecular complexity index is 1070. The monoisotopic (exact) mass is 511 g/mol. The molecule has 2 aliphatic rings. The molecule has 3 rings (SSSR count). The summed E-state index contributed by atoms with van der Waals surface area (Å²) in [5.41, 5.74) is 6.99. The van der Waals surface area contributed by atoms with Gasteiger partial charge < -0.3 is 15.4 Å². The van der Waals surface area contributed by atoms with E-state index < -0.39 is 39.8 Å². The number of esters is 1. The van der Waals surface area contributed by atoms with Gasteiger partial charge in [0.15, 0.2) is 0 Å². The van der Waals surface area contributed by atoms with Gasteiger partial charge in [-0.1, -0.05) is 32.0 Å². The van der Waals surface area contributed by atoms with Crippen molar-refractivity contribution in [1.82, 2.24) is 9.96 Å². The number of rotatable bonds is 11. The van der Waals surface area contributed by atoms with Crippen LogP contribution in [0.15, 0.2) is 18.2 Å². The summed E-state index contributed by atoms with van der Waals surface area (Å²) < 4.78 is 40.2. The van der Waals surface area contributed by atoms with Crippen LogP contribution in [0.2, 0.25) is 0 Å². The van der Waals surface area contributed by atoms with Crippen LogP contribution in [0, 0.1) is 19.3 Å². The van der Waals surface area contributed by atoms with E-state index in [9.17, 15) is 22.8 Å². The van der Waals surface area contributed by atoms with E-state index in [1.54, 1.807) is 0 Å². The van der Waals surface area contributed by atoms with Crippen molar-refractivity contribution in [3.05, 3.63) is 34.9 Å². The molecule has 1 aromatic carbocycles. The molecule has 3 amide bonds. The third-order valence-corrected chi connectivity index (χ3v) is 7.08. The highest BCUT2D eigenvalue weighted by Crippen LogP contribution is 2.31. The molecule has 0 unspecified atom stereocenters. The molecular weight excluding hydrogens is 478 g/mol. The number of piperidine rings is 1. The van der Waals surface area contributed by atoms with Gasteiger partial charge in [-0.05, 0) is 56.1 Å². The summed E-state index contributed by atoms with van der Waals surface area (Å²) in [5, 5.41) is 0.748. The zero-order valence-corrected chi connectivity index (χ0v) is 21.3. The molecule has 35 heavy (non-hydrogen) atoms. The molecule has 2 heterocycles. The normalized spacial score (nSPS) is 20.3. The number of amides is 3. The van der Waals surface area contributed by atoms with Crippen molar-refractivity contribution in [2.24, 2.45) is 11.1 Å². The van der Waals surface area contributed by atoms with E-state index >= 15 is 0 Å². The molecule has 0 radical (unpaired) electrons. The Kier molecular flexibility index (Phi) is 8.07. The number of hydrogen-bond acceptors (Lipinski definition) is 8. The van der Waals surface area contributed by atoms with Gasteiger partial charge >= 0.3 is 22.4 Å². The molecule has 0 aliphatic carbocycles. The fourth-order valence-electron chi connectivity index (χ4n) is 4.37. The number of aryl methyl sites for hydroxylation is 2. The first-order valence-electron chi connectivity index (χ1n) is 11.5. The molecular formula is C23H33N3O8S. The second kappa shape index (κ2) is 10.5. The smallest absolute Gasteiger partial charge is 0.421 e. The Morgan fingerprint density at radius 1 is 1.17 bits per heavy atom. The van der Waals surface area contributed by atoms with Crippen molar-refractivity contribution in [1.29, 1.82) is 0 Å². The minimum absolute atomic E-state index is 0.161. The van der Waals surface area contributed by atoms with E-state index in [-0.39, 0.29) is 25.7 Å². The standard InChI is InChI=1S/C23H33N3O8S/c1-15-7-5-8-16(2)19(15)21(28)32-12-6-11-23(3,4)14-33-35(30,31)34-26-17-9-10-18(20(24)27)25(13-17)22(26)29/h5,7-8,17-18H,6,9-14H2,1-4H3,(H2,24,27)/t17-,18+/m1/s1. The molecule has 2 saturated heterocycles. The highest BCUT2D eigenvalue weighted by atomic mass is 32.3. The Morgan fingerprint density at radius 3 is 2.46 bits per heavy atom. The van der Waals surface area contributed by atoms with Gasteiger partial charge in [0, 0.05) is 6.54 Å². The summed E-state index contributed by atoms with van der Waals surface area (Å²) in [6.45, 7) is 7.47. The minimum atomic E-state index is -4.52. The average molecular weight is 512 g/mol. The quantitative estimate of drug-likeness (QED) is 0.352. The molecule has 0 aromatic heterocycles. The van der Waals surface area contributed by atoms with Crippen LogP contribution in [-0.2, 0) is 28.4 Å². The number of ether oxygens (including phenoxy) is 1. The maximum Gasteiger partial charge on any atom is 0.421 e. The van der Waals surface area contributed by atoms with E-state index in [0.29, 0.717) is 31.2 Å². The topological polar surface area (TPSA) is 146 Å². The van der Waals surface area contributed by atoms with E-state index in [4.69, 9.17) is 18.9 Å². The van der Waals surface area contributed by atoms with E-state index in [2.05, 4.69) is 0 Å². The predicted octanol–water partition coefficient (Wildman–Crippen LogP) is 2.21. The van der Waals surface area contributed by atoms with Gasteiger partial charge in [0.2, 0.25) is 5.91 Å². The Labute approximate surface area is 205 Å². The Balaban J connectivity index is 1.45. The summed E-state index contributed by atoms with van der Waals surface area (Å²) in [4.78, 5) is 37.7. The van der Waals surface area contributed by atoms with Crippen molar-refractivity contribution in [3.8, 4) is 0 Å². The lowest BCUT2D eigenvalue weighted by molar-refractivity contribution is -0.122. The van der Waals surface area contributed by atoms with Gasteiger partial charge in [0.05, 0.1) is 24.8 Å². The third kappa shape index (κ3) is 6.50. The van der Waals surface area contributed by atoms with Gasteiger partial charge in [-0.25, -0.2) is 13.8 Å². The number of hydroxylamine groups is 2. The van der Waals surface area contributed by atoms with E-state index in [1.807, 2.05) is 45.9 Å². The lowest BCUT2D eigenvalue weighted by Crippen LogP contribution is -2.47. The van der Waals surface area contributed by atoms with Crippen molar-refractivity contribution >= 4 is 28.3 Å². The number of benzene rings is 1. The van der Waals surface area contributed by atoms with Crippen LogP contribution in [0.1, 0.15) is 61.0 Å². The van der Waals surface area contributed by atoms with Crippen molar-refractivity contribution in [3.63, 3.8) is 0 Å². The molecule has 0 spiro atoms. The number of carbonyl (C=O) groups is 3. The zero-order valence-electron chi connectivity index (χ0n) is 20.5. The summed E-state index contributed by atoms with van der Waals surface area (Å²) in [6, 6.07) is 3.57. The van der Waals surface area contributed by atoms with Gasteiger partial charge in [0.25, 0.3) is 0 Å². The van der Waals surface area contributed by atoms with Crippen molar-refractivity contribution < 1.29 is 36.0 Å². The second-order valence-corrected chi connectivity index (χ2v) is 11.0. The predicted molar refractivity (Wildman–Crippen MR) is 125 cm³/mol. The van der Waals surface area contributed by atoms with Crippen LogP contribution in [0.4, 0.5) is 4.79 Å². The minimum Gasteiger partial charge on any atom is -0.462 e. The molecule has 0 saturated carbocycles. The SMILES string of the molecule is Cc1cccc(C)c1C(=O)OCCCC(C)(C)COS(=O)(=O)ON1C(=O)N2C[C@H]1CC[C@H]2C(N)=O. The molecule has 2 atom stereocenters. The molecule has 2 bridgehead atoms. The maximum absolute atomic E-state index is 12.5. The van der Waals surface area contributed by atoms with Gasteiger partial charge in [0.1, 0.15) is 6.04 Å². The molecule has 2 fully saturated rings. The van der Waals surface area contributed by atoms with Crippen molar-refractivity contribution in [2.45, 2.75) is 65.5 Å². The number of urea groups is 1. The molecule has 2 N–H and O–H groups in total. The van der Waals surface area contributed by atoms with Crippen LogP contribution in [0.3, 0.4) is 0 Å². The second-order valence-electron chi connectivity index (χ2n) is 9.83. The first-order chi connectivity index (χ1) is 16.3. The number of primary amides is 1. The summed E-state index contributed by atoms with van der Waals surface area (Å²) in [5.74, 6) is -1.03. The van der Waals surface area contributed by atoms with Crippen LogP contribution >= 0.6 is 0 Å². The fourth-order valence-corrected chi connectivity index (χ4v) is 5.26. The first-order valence-corrected chi connectivity index (χ1v) is 12.9. The van der Waals surface area contributed by atoms with E-state index in [1.165, 1.54) is 4.90 Å². The zero-order chi connectivity index (χ0) is 26.0. The highest BCUT2D eigenvalue weighted by molar-refractivity contribution is 7.81. The van der Waals surface area contributed by atoms with Crippen LogP contribution in [0.25, 0.3) is 0 Å². The van der Waals surface area contributed by atoms with Crippen LogP contribution in [-0.4, -0.2) is 68.1 Å². The molecule has 11 nitrogen and oxygen atoms in total. The number of nitrogens with zero attached hydrogens (tertiary/aromatic N) is 2. The van der Waals surface area contributed by atoms with E-state index in [0.717, 1.165) is 16.2 Å². The molecule has 12 heteroatoms. The lowest BCUT2D eigenvalue weighted by Gasteiger charge is -2.27. The van der Waals surface area contributed by atoms with Gasteiger partial charge in [-0.3, -0.25) is 4.79 Å². The molecule has 1 aromatic rings. The molecule has 194 valence electrons. The summed E-state index contributed by atoms with van der Waals surface area (Å²) >= 11 is 0. The number of fused-ring (bicyclic) bond motifs is 2. The van der Waals surface area contributed by atoms with Crippen molar-refractivity contribution in [2.75, 3.05) is 19.8 Å². The number of carbonyl (C=O) groups excluding carboxylic acids is 3. The van der Waals surface area contributed by atoms with Gasteiger partial charge in [-0.15, -0.1) is 4.28 Å². The number of hydrogen-bond donors (Lipinski definition) is 1. The lowest BCUT2D eigenvalue weighted by atomic mass is 9.89. The third-order valence-electron chi connectivity index (χ3n) is 6.33. The van der Waals surface area contributed by atoms with Crippen LogP contribution in [0.5, 0.6) is 0 Å². The largest absolute Gasteiger partial charge is 0.462 e. The average Bonchev–Trinajstić information content (AvgIpc) is 2.99. The Hall–Kier alpha value is -2.70. The van der Waals surface area contributed by atoms with Crippen LogP contribution < -0.4 is 5.73 Å².